The van der Waals surface area contributed by atoms with Gasteiger partial charge in [-0.25, -0.2) is 4.79 Å². The Labute approximate surface area is 108 Å². The van der Waals surface area contributed by atoms with Crippen molar-refractivity contribution in [2.24, 2.45) is 0 Å². The van der Waals surface area contributed by atoms with E-state index in [0.717, 1.165) is 0 Å². The number of ether oxygens (including phenoxy) is 1. The minimum atomic E-state index is -1.57. The smallest absolute Gasteiger partial charge is 0.410 e. The summed E-state index contributed by atoms with van der Waals surface area (Å²) in [6, 6.07) is 2.48. The second-order valence-electron chi connectivity index (χ2n) is 5.60. The Morgan fingerprint density at radius 1 is 1.42 bits per heavy atom. The summed E-state index contributed by atoms with van der Waals surface area (Å²) in [5.41, 5.74) is 0.0218. The SMILES string of the molecule is C[C@@]12C[C@@]3(O)OC(=O)N[C@H]3[C@@H]1NC(=O)c1cccn12. The summed E-state index contributed by atoms with van der Waals surface area (Å²) in [6.45, 7) is 1.94. The summed E-state index contributed by atoms with van der Waals surface area (Å²) in [4.78, 5) is 23.3. The van der Waals surface area contributed by atoms with E-state index in [-0.39, 0.29) is 12.3 Å². The van der Waals surface area contributed by atoms with Crippen molar-refractivity contribution in [1.29, 1.82) is 0 Å². The lowest BCUT2D eigenvalue weighted by Crippen LogP contribution is -2.61. The number of nitrogens with one attached hydrogen (secondary N) is 2. The number of aromatic nitrogens is 1. The number of amides is 2. The molecule has 100 valence electrons. The van der Waals surface area contributed by atoms with Crippen molar-refractivity contribution in [2.75, 3.05) is 0 Å². The van der Waals surface area contributed by atoms with Gasteiger partial charge >= 0.3 is 6.09 Å². The number of carbonyl (C=O) groups is 2. The number of carbonyl (C=O) groups excluding carboxylic acids is 2. The first kappa shape index (κ1) is 10.9. The molecule has 0 unspecified atom stereocenters. The van der Waals surface area contributed by atoms with E-state index in [2.05, 4.69) is 10.6 Å². The highest BCUT2D eigenvalue weighted by Gasteiger charge is 2.67. The Bertz CT molecular complexity index is 612. The number of alkyl carbamates (subject to hydrolysis) is 1. The third-order valence-corrected chi connectivity index (χ3v) is 4.46. The van der Waals surface area contributed by atoms with Gasteiger partial charge in [-0.3, -0.25) is 4.79 Å². The Morgan fingerprint density at radius 2 is 2.21 bits per heavy atom. The van der Waals surface area contributed by atoms with Crippen molar-refractivity contribution in [3.63, 3.8) is 0 Å². The van der Waals surface area contributed by atoms with Crippen LogP contribution in [0.25, 0.3) is 0 Å². The van der Waals surface area contributed by atoms with Crippen LogP contribution in [0.1, 0.15) is 23.8 Å². The molecule has 3 N–H and O–H groups in total. The minimum Gasteiger partial charge on any atom is -0.415 e. The molecule has 1 aromatic rings. The monoisotopic (exact) mass is 263 g/mol. The average Bonchev–Trinajstić information content (AvgIpc) is 2.93. The molecule has 7 heteroatoms. The van der Waals surface area contributed by atoms with Gasteiger partial charge in [0.15, 0.2) is 0 Å². The van der Waals surface area contributed by atoms with Crippen LogP contribution in [0.15, 0.2) is 18.3 Å². The lowest BCUT2D eigenvalue weighted by atomic mass is 9.91. The molecule has 1 saturated carbocycles. The average molecular weight is 263 g/mol. The first-order chi connectivity index (χ1) is 8.94. The van der Waals surface area contributed by atoms with Crippen molar-refractivity contribution >= 4 is 12.0 Å². The maximum absolute atomic E-state index is 12.0. The predicted molar refractivity (Wildman–Crippen MR) is 62.3 cm³/mol. The highest BCUT2D eigenvalue weighted by molar-refractivity contribution is 5.94. The zero-order valence-corrected chi connectivity index (χ0v) is 10.2. The molecule has 2 fully saturated rings. The van der Waals surface area contributed by atoms with E-state index in [1.165, 1.54) is 0 Å². The summed E-state index contributed by atoms with van der Waals surface area (Å²) in [5, 5.41) is 15.9. The van der Waals surface area contributed by atoms with Crippen molar-refractivity contribution in [2.45, 2.75) is 36.8 Å². The van der Waals surface area contributed by atoms with Gasteiger partial charge in [0, 0.05) is 12.6 Å². The van der Waals surface area contributed by atoms with E-state index in [1.54, 1.807) is 12.1 Å². The van der Waals surface area contributed by atoms with Crippen molar-refractivity contribution < 1.29 is 19.4 Å². The highest BCUT2D eigenvalue weighted by atomic mass is 16.7. The second kappa shape index (κ2) is 2.93. The Hall–Kier alpha value is -2.02. The van der Waals surface area contributed by atoms with Crippen molar-refractivity contribution in [3.8, 4) is 0 Å². The van der Waals surface area contributed by atoms with Crippen molar-refractivity contribution in [3.05, 3.63) is 24.0 Å². The van der Waals surface area contributed by atoms with Gasteiger partial charge < -0.3 is 25.0 Å². The third kappa shape index (κ3) is 1.11. The molecule has 4 rings (SSSR count). The number of rotatable bonds is 0. The van der Waals surface area contributed by atoms with Gasteiger partial charge in [0.1, 0.15) is 11.7 Å². The molecule has 0 spiro atoms. The van der Waals surface area contributed by atoms with Crippen molar-refractivity contribution in [1.82, 2.24) is 15.2 Å². The summed E-state index contributed by atoms with van der Waals surface area (Å²) in [6.07, 6.45) is 1.39. The molecule has 3 heterocycles. The maximum atomic E-state index is 12.0. The first-order valence-corrected chi connectivity index (χ1v) is 6.15. The molecular weight excluding hydrogens is 250 g/mol. The zero-order chi connectivity index (χ0) is 13.4. The number of hydrogen-bond acceptors (Lipinski definition) is 4. The molecule has 3 aliphatic rings. The molecule has 2 amide bonds. The lowest BCUT2D eigenvalue weighted by Gasteiger charge is -2.40. The van der Waals surface area contributed by atoms with E-state index >= 15 is 0 Å². The van der Waals surface area contributed by atoms with E-state index in [4.69, 9.17) is 4.74 Å². The zero-order valence-electron chi connectivity index (χ0n) is 10.2. The van der Waals surface area contributed by atoms with Crippen LogP contribution in [-0.4, -0.2) is 39.5 Å². The second-order valence-corrected chi connectivity index (χ2v) is 5.60. The van der Waals surface area contributed by atoms with Crippen LogP contribution >= 0.6 is 0 Å². The summed E-state index contributed by atoms with van der Waals surface area (Å²) in [7, 11) is 0. The minimum absolute atomic E-state index is 0.210. The van der Waals surface area contributed by atoms with Gasteiger partial charge in [0.25, 0.3) is 5.91 Å². The fourth-order valence-corrected chi connectivity index (χ4v) is 3.67. The van der Waals surface area contributed by atoms with Crippen LogP contribution in [0.3, 0.4) is 0 Å². The number of aliphatic hydroxyl groups is 1. The number of nitrogens with zero attached hydrogens (tertiary/aromatic N) is 1. The summed E-state index contributed by atoms with van der Waals surface area (Å²) < 4.78 is 6.85. The Kier molecular flexibility index (Phi) is 1.68. The molecule has 4 atom stereocenters. The summed E-state index contributed by atoms with van der Waals surface area (Å²) >= 11 is 0. The molecule has 1 saturated heterocycles. The van der Waals surface area contributed by atoms with Gasteiger partial charge in [-0.05, 0) is 19.1 Å². The quantitative estimate of drug-likeness (QED) is 0.589. The number of hydrogen-bond donors (Lipinski definition) is 3. The van der Waals surface area contributed by atoms with E-state index in [0.29, 0.717) is 5.69 Å². The normalized spacial score (nSPS) is 42.8. The molecule has 19 heavy (non-hydrogen) atoms. The van der Waals surface area contributed by atoms with E-state index in [1.807, 2.05) is 17.7 Å². The first-order valence-electron chi connectivity index (χ1n) is 6.15. The molecule has 1 aliphatic carbocycles. The standard InChI is InChI=1S/C12H13N3O4/c1-11-5-12(18)8(14-10(17)19-12)7(11)13-9(16)6-3-2-4-15(6)11/h2-4,7-8,18H,5H2,1H3,(H,13,16)(H,14,17)/t7-,8-,11+,12+/m0/s1. The van der Waals surface area contributed by atoms with Crippen LogP contribution in [0, 0.1) is 0 Å². The lowest BCUT2D eigenvalue weighted by molar-refractivity contribution is -0.144. The maximum Gasteiger partial charge on any atom is 0.410 e. The fraction of sp³-hybridized carbons (Fsp3) is 0.500. The van der Waals surface area contributed by atoms with Gasteiger partial charge in [-0.1, -0.05) is 0 Å². The van der Waals surface area contributed by atoms with Gasteiger partial charge in [-0.15, -0.1) is 0 Å². The third-order valence-electron chi connectivity index (χ3n) is 4.46. The molecule has 0 aromatic carbocycles. The van der Waals surface area contributed by atoms with E-state index < -0.39 is 29.5 Å². The molecule has 0 radical (unpaired) electrons. The van der Waals surface area contributed by atoms with Crippen LogP contribution in [0.5, 0.6) is 0 Å². The molecule has 1 aromatic heterocycles. The molecule has 7 nitrogen and oxygen atoms in total. The molecule has 0 bridgehead atoms. The summed E-state index contributed by atoms with van der Waals surface area (Å²) in [5.74, 6) is -1.78. The largest absolute Gasteiger partial charge is 0.415 e. The Morgan fingerprint density at radius 3 is 3.00 bits per heavy atom. The van der Waals surface area contributed by atoms with Crippen LogP contribution < -0.4 is 10.6 Å². The van der Waals surface area contributed by atoms with Crippen LogP contribution in [0.4, 0.5) is 4.79 Å². The highest BCUT2D eigenvalue weighted by Crippen LogP contribution is 2.48. The molecule has 2 aliphatic heterocycles. The van der Waals surface area contributed by atoms with Gasteiger partial charge in [-0.2, -0.15) is 0 Å². The Balaban J connectivity index is 1.87. The van der Waals surface area contributed by atoms with Gasteiger partial charge in [0.05, 0.1) is 11.6 Å². The van der Waals surface area contributed by atoms with Gasteiger partial charge in [0.2, 0.25) is 5.79 Å². The predicted octanol–water partition coefficient (Wildman–Crippen LogP) is -0.484. The van der Waals surface area contributed by atoms with Crippen LogP contribution in [0.2, 0.25) is 0 Å². The number of fused-ring (bicyclic) bond motifs is 5. The van der Waals surface area contributed by atoms with E-state index in [9.17, 15) is 14.7 Å². The van der Waals surface area contributed by atoms with Crippen LogP contribution in [-0.2, 0) is 10.3 Å². The molecular formula is C12H13N3O4. The fourth-order valence-electron chi connectivity index (χ4n) is 3.67. The topological polar surface area (TPSA) is 92.6 Å².